The normalized spacial score (nSPS) is 10.0. The van der Waals surface area contributed by atoms with Crippen LogP contribution in [-0.2, 0) is 9.59 Å². The first kappa shape index (κ1) is 11.7. The molecule has 0 fully saturated rings. The molecule has 0 aliphatic heterocycles. The van der Waals surface area contributed by atoms with Crippen molar-refractivity contribution in [2.24, 2.45) is 0 Å². The summed E-state index contributed by atoms with van der Waals surface area (Å²) in [5, 5.41) is 14.9. The number of rotatable bonds is 4. The van der Waals surface area contributed by atoms with Crippen LogP contribution in [0.4, 0.5) is 5.69 Å². The number of carboxylic acids is 1. The number of anilines is 1. The number of carboxylic acid groups (broad SMARTS) is 1. The van der Waals surface area contributed by atoms with Crippen molar-refractivity contribution in [2.75, 3.05) is 5.32 Å². The second kappa shape index (κ2) is 5.04. The highest BCUT2D eigenvalue weighted by atomic mass is 16.4. The molecule has 2 rings (SSSR count). The van der Waals surface area contributed by atoms with E-state index in [1.54, 1.807) is 12.1 Å². The number of aromatic nitrogens is 4. The maximum atomic E-state index is 11.4. The molecule has 1 amide bonds. The molecule has 2 aromatic rings. The third kappa shape index (κ3) is 2.67. The molecule has 0 aliphatic rings. The Labute approximate surface area is 101 Å². The summed E-state index contributed by atoms with van der Waals surface area (Å²) in [6, 6.07) is 3.22. The van der Waals surface area contributed by atoms with E-state index >= 15 is 0 Å². The van der Waals surface area contributed by atoms with Crippen LogP contribution in [0.1, 0.15) is 6.42 Å². The Hall–Kier alpha value is -2.77. The topological polar surface area (TPSA) is 110 Å². The van der Waals surface area contributed by atoms with Gasteiger partial charge in [-0.25, -0.2) is 14.6 Å². The molecule has 0 unspecified atom stereocenters. The van der Waals surface area contributed by atoms with Crippen molar-refractivity contribution in [3.63, 3.8) is 0 Å². The fourth-order valence-corrected chi connectivity index (χ4v) is 1.33. The van der Waals surface area contributed by atoms with Crippen molar-refractivity contribution in [1.29, 1.82) is 0 Å². The van der Waals surface area contributed by atoms with Crippen molar-refractivity contribution in [3.8, 4) is 5.82 Å². The van der Waals surface area contributed by atoms with Crippen LogP contribution < -0.4 is 5.32 Å². The number of hydrogen-bond donors (Lipinski definition) is 2. The number of amides is 1. The zero-order chi connectivity index (χ0) is 13.0. The van der Waals surface area contributed by atoms with E-state index in [0.29, 0.717) is 11.5 Å². The molecule has 18 heavy (non-hydrogen) atoms. The minimum Gasteiger partial charge on any atom is -0.481 e. The average Bonchev–Trinajstić information content (AvgIpc) is 2.81. The number of carbonyl (C=O) groups excluding carboxylic acids is 1. The van der Waals surface area contributed by atoms with Gasteiger partial charge in [0.25, 0.3) is 0 Å². The highest BCUT2D eigenvalue weighted by Crippen LogP contribution is 2.15. The predicted octanol–water partition coefficient (Wildman–Crippen LogP) is 0.0755. The second-order valence-corrected chi connectivity index (χ2v) is 3.33. The van der Waals surface area contributed by atoms with Gasteiger partial charge in [-0.2, -0.15) is 5.10 Å². The van der Waals surface area contributed by atoms with Crippen LogP contribution in [0.2, 0.25) is 0 Å². The number of hydrogen-bond acceptors (Lipinski definition) is 5. The molecule has 0 aromatic carbocycles. The van der Waals surface area contributed by atoms with Crippen molar-refractivity contribution < 1.29 is 14.7 Å². The first-order valence-corrected chi connectivity index (χ1v) is 4.98. The van der Waals surface area contributed by atoms with Gasteiger partial charge in [-0.3, -0.25) is 9.59 Å². The van der Waals surface area contributed by atoms with Crippen molar-refractivity contribution in [3.05, 3.63) is 31.0 Å². The summed E-state index contributed by atoms with van der Waals surface area (Å²) in [6.45, 7) is 0. The molecule has 8 nitrogen and oxygen atoms in total. The van der Waals surface area contributed by atoms with Crippen LogP contribution >= 0.6 is 0 Å². The van der Waals surface area contributed by atoms with Crippen molar-refractivity contribution >= 4 is 17.6 Å². The van der Waals surface area contributed by atoms with Gasteiger partial charge < -0.3 is 10.4 Å². The van der Waals surface area contributed by atoms with Gasteiger partial charge in [0.05, 0.1) is 5.69 Å². The number of carbonyl (C=O) groups is 2. The second-order valence-electron chi connectivity index (χ2n) is 3.33. The minimum absolute atomic E-state index is 0.369. The molecule has 0 aliphatic carbocycles. The highest BCUT2D eigenvalue weighted by Gasteiger charge is 2.12. The third-order valence-corrected chi connectivity index (χ3v) is 2.01. The summed E-state index contributed by atoms with van der Waals surface area (Å²) in [4.78, 5) is 29.6. The van der Waals surface area contributed by atoms with Crippen LogP contribution in [-0.4, -0.2) is 36.7 Å². The van der Waals surface area contributed by atoms with E-state index in [9.17, 15) is 9.59 Å². The summed E-state index contributed by atoms with van der Waals surface area (Å²) < 4.78 is 1.37. The van der Waals surface area contributed by atoms with E-state index in [4.69, 9.17) is 5.11 Å². The maximum absolute atomic E-state index is 11.4. The number of aliphatic carboxylic acids is 1. The highest BCUT2D eigenvalue weighted by molar-refractivity contribution is 6.02. The van der Waals surface area contributed by atoms with Crippen LogP contribution in [0.15, 0.2) is 31.0 Å². The SMILES string of the molecule is O=C(O)CC(=O)Nc1cccnc1-n1cncn1. The van der Waals surface area contributed by atoms with Crippen molar-refractivity contribution in [2.45, 2.75) is 6.42 Å². The lowest BCUT2D eigenvalue weighted by molar-refractivity contribution is -0.139. The molecule has 8 heteroatoms. The Balaban J connectivity index is 2.23. The molecule has 92 valence electrons. The largest absolute Gasteiger partial charge is 0.481 e. The number of pyridine rings is 1. The molecule has 0 bridgehead atoms. The molecular weight excluding hydrogens is 238 g/mol. The van der Waals surface area contributed by atoms with Gasteiger partial charge in [-0.15, -0.1) is 0 Å². The molecule has 0 saturated carbocycles. The van der Waals surface area contributed by atoms with Crippen LogP contribution in [0, 0.1) is 0 Å². The van der Waals surface area contributed by atoms with Gasteiger partial charge in [-0.1, -0.05) is 0 Å². The van der Waals surface area contributed by atoms with Gasteiger partial charge in [0.15, 0.2) is 5.82 Å². The minimum atomic E-state index is -1.20. The Morgan fingerprint density at radius 1 is 1.44 bits per heavy atom. The van der Waals surface area contributed by atoms with Gasteiger partial charge in [0, 0.05) is 6.20 Å². The van der Waals surface area contributed by atoms with Gasteiger partial charge in [-0.05, 0) is 12.1 Å². The maximum Gasteiger partial charge on any atom is 0.312 e. The smallest absolute Gasteiger partial charge is 0.312 e. The molecule has 0 atom stereocenters. The zero-order valence-electron chi connectivity index (χ0n) is 9.15. The first-order valence-electron chi connectivity index (χ1n) is 4.98. The lowest BCUT2D eigenvalue weighted by Crippen LogP contribution is -2.17. The molecular formula is C10H9N5O3. The van der Waals surface area contributed by atoms with Crippen LogP contribution in [0.5, 0.6) is 0 Å². The fourth-order valence-electron chi connectivity index (χ4n) is 1.33. The third-order valence-electron chi connectivity index (χ3n) is 2.01. The van der Waals surface area contributed by atoms with E-state index in [1.165, 1.54) is 23.5 Å². The first-order chi connectivity index (χ1) is 8.66. The Morgan fingerprint density at radius 3 is 2.94 bits per heavy atom. The predicted molar refractivity (Wildman–Crippen MR) is 60.0 cm³/mol. The van der Waals surface area contributed by atoms with E-state index in [2.05, 4.69) is 20.4 Å². The molecule has 2 heterocycles. The van der Waals surface area contributed by atoms with E-state index < -0.39 is 18.3 Å². The van der Waals surface area contributed by atoms with Gasteiger partial charge in [0.2, 0.25) is 5.91 Å². The zero-order valence-corrected chi connectivity index (χ0v) is 9.15. The Kier molecular flexibility index (Phi) is 3.28. The summed E-state index contributed by atoms with van der Waals surface area (Å²) in [5.41, 5.74) is 0.370. The Bertz CT molecular complexity index is 567. The van der Waals surface area contributed by atoms with E-state index in [-0.39, 0.29) is 0 Å². The Morgan fingerprint density at radius 2 is 2.28 bits per heavy atom. The lowest BCUT2D eigenvalue weighted by atomic mass is 10.3. The standard InChI is InChI=1S/C10H9N5O3/c16-8(4-9(17)18)14-7-2-1-3-12-10(7)15-6-11-5-13-15/h1-3,5-6H,4H2,(H,14,16)(H,17,18). The van der Waals surface area contributed by atoms with Crippen LogP contribution in [0.3, 0.4) is 0 Å². The summed E-state index contributed by atoms with van der Waals surface area (Å²) in [7, 11) is 0. The average molecular weight is 247 g/mol. The summed E-state index contributed by atoms with van der Waals surface area (Å²) in [6.07, 6.45) is 3.68. The number of nitrogens with one attached hydrogen (secondary N) is 1. The lowest BCUT2D eigenvalue weighted by Gasteiger charge is -2.08. The summed E-state index contributed by atoms with van der Waals surface area (Å²) >= 11 is 0. The number of nitrogens with zero attached hydrogens (tertiary/aromatic N) is 4. The summed E-state index contributed by atoms with van der Waals surface area (Å²) in [5.74, 6) is -1.45. The molecule has 0 spiro atoms. The van der Waals surface area contributed by atoms with Gasteiger partial charge in [0.1, 0.15) is 19.1 Å². The van der Waals surface area contributed by atoms with Gasteiger partial charge >= 0.3 is 5.97 Å². The molecule has 0 saturated heterocycles. The van der Waals surface area contributed by atoms with E-state index in [0.717, 1.165) is 0 Å². The molecule has 2 aromatic heterocycles. The fraction of sp³-hybridized carbons (Fsp3) is 0.100. The van der Waals surface area contributed by atoms with Crippen molar-refractivity contribution in [1.82, 2.24) is 19.7 Å². The monoisotopic (exact) mass is 247 g/mol. The van der Waals surface area contributed by atoms with Crippen LogP contribution in [0.25, 0.3) is 5.82 Å². The van der Waals surface area contributed by atoms with E-state index in [1.807, 2.05) is 0 Å². The molecule has 2 N–H and O–H groups in total. The molecule has 0 radical (unpaired) electrons. The quantitative estimate of drug-likeness (QED) is 0.740.